The van der Waals surface area contributed by atoms with Crippen molar-refractivity contribution in [3.8, 4) is 0 Å². The number of hydrogen-bond donors (Lipinski definition) is 1. The SMILES string of the molecule is Cc1ccc(Cl)cc1NC(=O)COC(=O)C1CCN(S(=O)(=O)c2cccs2)CC1. The first-order valence-corrected chi connectivity index (χ1v) is 11.7. The van der Waals surface area contributed by atoms with Gasteiger partial charge in [-0.2, -0.15) is 4.31 Å². The van der Waals surface area contributed by atoms with Crippen molar-refractivity contribution in [2.24, 2.45) is 5.92 Å². The van der Waals surface area contributed by atoms with Crippen LogP contribution in [0.25, 0.3) is 0 Å². The zero-order valence-electron chi connectivity index (χ0n) is 15.8. The molecule has 1 fully saturated rings. The second-order valence-electron chi connectivity index (χ2n) is 6.73. The van der Waals surface area contributed by atoms with Gasteiger partial charge in [0.05, 0.1) is 5.92 Å². The number of benzene rings is 1. The number of carbonyl (C=O) groups is 2. The van der Waals surface area contributed by atoms with Crippen molar-refractivity contribution in [3.63, 3.8) is 0 Å². The molecule has 0 radical (unpaired) electrons. The predicted molar refractivity (Wildman–Crippen MR) is 112 cm³/mol. The molecular weight excluding hydrogens is 436 g/mol. The Hall–Kier alpha value is -1.94. The fourth-order valence-electron chi connectivity index (χ4n) is 3.04. The summed E-state index contributed by atoms with van der Waals surface area (Å²) in [5.74, 6) is -1.37. The van der Waals surface area contributed by atoms with Crippen molar-refractivity contribution in [1.29, 1.82) is 0 Å². The van der Waals surface area contributed by atoms with Crippen LogP contribution in [0.1, 0.15) is 18.4 Å². The van der Waals surface area contributed by atoms with Crippen molar-refractivity contribution < 1.29 is 22.7 Å². The van der Waals surface area contributed by atoms with Crippen molar-refractivity contribution in [2.75, 3.05) is 25.0 Å². The lowest BCUT2D eigenvalue weighted by Gasteiger charge is -2.29. The minimum Gasteiger partial charge on any atom is -0.455 e. The summed E-state index contributed by atoms with van der Waals surface area (Å²) in [5.41, 5.74) is 1.40. The predicted octanol–water partition coefficient (Wildman–Crippen LogP) is 3.29. The maximum Gasteiger partial charge on any atom is 0.309 e. The standard InChI is InChI=1S/C19H21ClN2O5S2/c1-13-4-5-15(20)11-16(13)21-17(23)12-27-19(24)14-6-8-22(9-7-14)29(25,26)18-3-2-10-28-18/h2-5,10-11,14H,6-9,12H2,1H3,(H,21,23). The molecule has 1 saturated heterocycles. The van der Waals surface area contributed by atoms with E-state index < -0.39 is 34.4 Å². The van der Waals surface area contributed by atoms with Crippen LogP contribution >= 0.6 is 22.9 Å². The summed E-state index contributed by atoms with van der Waals surface area (Å²) in [7, 11) is -3.51. The molecule has 0 spiro atoms. The smallest absolute Gasteiger partial charge is 0.309 e. The molecule has 1 aromatic carbocycles. The van der Waals surface area contributed by atoms with Crippen LogP contribution in [0.2, 0.25) is 5.02 Å². The second-order valence-corrected chi connectivity index (χ2v) is 10.3. The van der Waals surface area contributed by atoms with E-state index in [1.807, 2.05) is 6.92 Å². The van der Waals surface area contributed by atoms with Crippen LogP contribution < -0.4 is 5.32 Å². The Morgan fingerprint density at radius 1 is 1.28 bits per heavy atom. The van der Waals surface area contributed by atoms with E-state index in [0.717, 1.165) is 5.56 Å². The molecular formula is C19H21ClN2O5S2. The topological polar surface area (TPSA) is 92.8 Å². The number of nitrogens with zero attached hydrogens (tertiary/aromatic N) is 1. The van der Waals surface area contributed by atoms with E-state index in [1.54, 1.807) is 35.7 Å². The lowest BCUT2D eigenvalue weighted by atomic mass is 9.98. The Morgan fingerprint density at radius 3 is 2.66 bits per heavy atom. The molecule has 1 amide bonds. The molecule has 0 unspecified atom stereocenters. The number of amides is 1. The second kappa shape index (κ2) is 9.25. The van der Waals surface area contributed by atoms with Crippen LogP contribution in [-0.2, 0) is 24.3 Å². The van der Waals surface area contributed by atoms with Gasteiger partial charge < -0.3 is 10.1 Å². The van der Waals surface area contributed by atoms with Gasteiger partial charge in [-0.3, -0.25) is 9.59 Å². The molecule has 0 saturated carbocycles. The van der Waals surface area contributed by atoms with Gasteiger partial charge in [-0.1, -0.05) is 23.7 Å². The van der Waals surface area contributed by atoms with E-state index in [0.29, 0.717) is 27.8 Å². The normalized spacial score (nSPS) is 15.8. The summed E-state index contributed by atoms with van der Waals surface area (Å²) in [6.45, 7) is 1.91. The number of hydrogen-bond acceptors (Lipinski definition) is 6. The molecule has 7 nitrogen and oxygen atoms in total. The number of ether oxygens (including phenoxy) is 1. The summed E-state index contributed by atoms with van der Waals surface area (Å²) in [5, 5.41) is 4.87. The van der Waals surface area contributed by atoms with Gasteiger partial charge in [0.15, 0.2) is 6.61 Å². The fraction of sp³-hybridized carbons (Fsp3) is 0.368. The van der Waals surface area contributed by atoms with E-state index in [9.17, 15) is 18.0 Å². The lowest BCUT2D eigenvalue weighted by Crippen LogP contribution is -2.40. The Morgan fingerprint density at radius 2 is 2.00 bits per heavy atom. The Labute approximate surface area is 178 Å². The minimum absolute atomic E-state index is 0.244. The van der Waals surface area contributed by atoms with E-state index in [-0.39, 0.29) is 13.1 Å². The third-order valence-corrected chi connectivity index (χ3v) is 8.20. The van der Waals surface area contributed by atoms with E-state index in [4.69, 9.17) is 16.3 Å². The lowest BCUT2D eigenvalue weighted by molar-refractivity contribution is -0.152. The average molecular weight is 457 g/mol. The van der Waals surface area contributed by atoms with Gasteiger partial charge in [0.1, 0.15) is 4.21 Å². The zero-order valence-corrected chi connectivity index (χ0v) is 18.1. The quantitative estimate of drug-likeness (QED) is 0.673. The van der Waals surface area contributed by atoms with Gasteiger partial charge in [-0.15, -0.1) is 11.3 Å². The number of thiophene rings is 1. The molecule has 0 atom stereocenters. The number of aryl methyl sites for hydroxylation is 1. The first-order valence-electron chi connectivity index (χ1n) is 9.03. The van der Waals surface area contributed by atoms with Gasteiger partial charge in [0.2, 0.25) is 0 Å². The van der Waals surface area contributed by atoms with Gasteiger partial charge in [0.25, 0.3) is 15.9 Å². The molecule has 10 heteroatoms. The molecule has 1 aliphatic heterocycles. The maximum atomic E-state index is 12.5. The van der Waals surface area contributed by atoms with Gasteiger partial charge >= 0.3 is 5.97 Å². The summed E-state index contributed by atoms with van der Waals surface area (Å²) < 4.78 is 31.9. The highest BCUT2D eigenvalue weighted by Crippen LogP contribution is 2.27. The van der Waals surface area contributed by atoms with Crippen molar-refractivity contribution in [1.82, 2.24) is 4.31 Å². The molecule has 156 valence electrons. The van der Waals surface area contributed by atoms with Crippen LogP contribution in [0.3, 0.4) is 0 Å². The highest BCUT2D eigenvalue weighted by molar-refractivity contribution is 7.91. The minimum atomic E-state index is -3.51. The summed E-state index contributed by atoms with van der Waals surface area (Å²) in [6.07, 6.45) is 0.719. The van der Waals surface area contributed by atoms with Crippen LogP contribution in [-0.4, -0.2) is 44.3 Å². The van der Waals surface area contributed by atoms with Crippen LogP contribution in [0, 0.1) is 12.8 Å². The molecule has 2 aromatic rings. The largest absolute Gasteiger partial charge is 0.455 e. The van der Waals surface area contributed by atoms with Gasteiger partial charge in [-0.25, -0.2) is 8.42 Å². The highest BCUT2D eigenvalue weighted by atomic mass is 35.5. The third kappa shape index (κ3) is 5.36. The highest BCUT2D eigenvalue weighted by Gasteiger charge is 2.33. The first kappa shape index (κ1) is 21.8. The Balaban J connectivity index is 1.47. The van der Waals surface area contributed by atoms with E-state index in [2.05, 4.69) is 5.32 Å². The number of halogens is 1. The summed E-state index contributed by atoms with van der Waals surface area (Å²) in [6, 6.07) is 8.39. The van der Waals surface area contributed by atoms with E-state index >= 15 is 0 Å². The van der Waals surface area contributed by atoms with Gasteiger partial charge in [0, 0.05) is 23.8 Å². The molecule has 2 heterocycles. The summed E-state index contributed by atoms with van der Waals surface area (Å²) >= 11 is 7.09. The van der Waals surface area contributed by atoms with Crippen LogP contribution in [0.4, 0.5) is 5.69 Å². The molecule has 1 N–H and O–H groups in total. The number of nitrogens with one attached hydrogen (secondary N) is 1. The summed E-state index contributed by atoms with van der Waals surface area (Å²) in [4.78, 5) is 24.3. The number of piperidine rings is 1. The zero-order chi connectivity index (χ0) is 21.0. The average Bonchev–Trinajstić information content (AvgIpc) is 3.25. The van der Waals surface area contributed by atoms with Crippen molar-refractivity contribution in [2.45, 2.75) is 24.0 Å². The van der Waals surface area contributed by atoms with Gasteiger partial charge in [-0.05, 0) is 48.9 Å². The third-order valence-electron chi connectivity index (χ3n) is 4.70. The van der Waals surface area contributed by atoms with Crippen LogP contribution in [0.15, 0.2) is 39.9 Å². The number of anilines is 1. The molecule has 29 heavy (non-hydrogen) atoms. The maximum absolute atomic E-state index is 12.5. The fourth-order valence-corrected chi connectivity index (χ4v) is 5.83. The van der Waals surface area contributed by atoms with Crippen LogP contribution in [0.5, 0.6) is 0 Å². The number of esters is 1. The molecule has 0 aliphatic carbocycles. The number of sulfonamides is 1. The number of carbonyl (C=O) groups excluding carboxylic acids is 2. The van der Waals surface area contributed by atoms with Crippen molar-refractivity contribution in [3.05, 3.63) is 46.3 Å². The first-order chi connectivity index (χ1) is 13.8. The monoisotopic (exact) mass is 456 g/mol. The molecule has 1 aromatic heterocycles. The Bertz CT molecular complexity index is 984. The molecule has 0 bridgehead atoms. The Kier molecular flexibility index (Phi) is 6.94. The number of rotatable bonds is 6. The molecule has 1 aliphatic rings. The molecule has 3 rings (SSSR count). The van der Waals surface area contributed by atoms with Crippen molar-refractivity contribution >= 4 is 50.5 Å². The van der Waals surface area contributed by atoms with E-state index in [1.165, 1.54) is 15.6 Å².